The summed E-state index contributed by atoms with van der Waals surface area (Å²) in [6.07, 6.45) is 1.25. The molecule has 7 heteroatoms. The first-order valence-electron chi connectivity index (χ1n) is 5.90. The summed E-state index contributed by atoms with van der Waals surface area (Å²) in [6.45, 7) is 7.02. The first-order valence-corrected chi connectivity index (χ1v) is 5.90. The summed E-state index contributed by atoms with van der Waals surface area (Å²) in [7, 11) is 0. The number of fused-ring (bicyclic) bond motifs is 1. The van der Waals surface area contributed by atoms with Crippen LogP contribution < -0.4 is 11.4 Å². The topological polar surface area (TPSA) is 87.4 Å². The molecule has 0 radical (unpaired) electrons. The van der Waals surface area contributed by atoms with E-state index in [1.165, 1.54) is 6.20 Å². The maximum Gasteiger partial charge on any atom is 0.341 e. The summed E-state index contributed by atoms with van der Waals surface area (Å²) in [4.78, 5) is 30.2. The van der Waals surface area contributed by atoms with Crippen LogP contribution in [0.15, 0.2) is 46.1 Å². The Kier molecular flexibility index (Phi) is 2.68. The number of para-hydroxylation sites is 1. The van der Waals surface area contributed by atoms with Gasteiger partial charge in [-0.25, -0.2) is 19.0 Å². The Labute approximate surface area is 117 Å². The van der Waals surface area contributed by atoms with E-state index in [4.69, 9.17) is 11.8 Å². The van der Waals surface area contributed by atoms with Gasteiger partial charge in [0.1, 0.15) is 11.2 Å². The van der Waals surface area contributed by atoms with Gasteiger partial charge in [-0.1, -0.05) is 18.2 Å². The Bertz CT molecular complexity index is 1040. The maximum absolute atomic E-state index is 12.4. The van der Waals surface area contributed by atoms with Crippen molar-refractivity contribution in [2.45, 2.75) is 0 Å². The van der Waals surface area contributed by atoms with Crippen molar-refractivity contribution < 1.29 is 0 Å². The van der Waals surface area contributed by atoms with E-state index < -0.39 is 11.4 Å². The molecule has 0 unspecified atom stereocenters. The van der Waals surface area contributed by atoms with Crippen molar-refractivity contribution in [2.75, 3.05) is 0 Å². The Hall–Kier alpha value is -3.58. The van der Waals surface area contributed by atoms with Gasteiger partial charge in [0.25, 0.3) is 0 Å². The van der Waals surface area contributed by atoms with Crippen molar-refractivity contribution in [1.82, 2.24) is 14.0 Å². The molecule has 1 aromatic carbocycles. The van der Waals surface area contributed by atoms with E-state index in [0.29, 0.717) is 5.69 Å². The summed E-state index contributed by atoms with van der Waals surface area (Å²) in [5, 5.41) is 9.07. The van der Waals surface area contributed by atoms with Crippen LogP contribution in [-0.4, -0.2) is 14.0 Å². The lowest BCUT2D eigenvalue weighted by Crippen LogP contribution is -2.37. The molecule has 0 amide bonds. The van der Waals surface area contributed by atoms with E-state index in [1.54, 1.807) is 30.3 Å². The smallest absolute Gasteiger partial charge is 0.292 e. The van der Waals surface area contributed by atoms with Gasteiger partial charge in [-0.2, -0.15) is 5.26 Å². The Morgan fingerprint density at radius 2 is 1.95 bits per heavy atom. The third-order valence-corrected chi connectivity index (χ3v) is 3.06. The number of nitrogens with zero attached hydrogens (tertiary/aromatic N) is 4. The largest absolute Gasteiger partial charge is 0.341 e. The van der Waals surface area contributed by atoms with Crippen LogP contribution >= 0.6 is 0 Å². The number of hydrogen-bond acceptors (Lipinski definition) is 3. The van der Waals surface area contributed by atoms with Crippen LogP contribution in [0.3, 0.4) is 0 Å². The van der Waals surface area contributed by atoms with E-state index in [2.05, 4.69) is 9.83 Å². The molecule has 0 fully saturated rings. The summed E-state index contributed by atoms with van der Waals surface area (Å²) in [5.74, 6) is 0. The fourth-order valence-corrected chi connectivity index (χ4v) is 2.12. The minimum absolute atomic E-state index is 0.0144. The molecule has 3 rings (SSSR count). The summed E-state index contributed by atoms with van der Waals surface area (Å²) in [6, 6.07) is 10.2. The predicted octanol–water partition coefficient (Wildman–Crippen LogP) is 1.20. The average molecular weight is 277 g/mol. The molecule has 0 spiro atoms. The Morgan fingerprint density at radius 1 is 1.24 bits per heavy atom. The minimum atomic E-state index is -0.662. The van der Waals surface area contributed by atoms with Crippen LogP contribution in [0.25, 0.3) is 16.2 Å². The number of nitrogens with one attached hydrogen (secondary N) is 1. The zero-order valence-corrected chi connectivity index (χ0v) is 10.6. The standard InChI is InChI=1S/C14H7N5O2/c1-16-11-8-18-12(10(11)7-15)17-13(20)19(14(18)21)9-5-3-2-4-6-9/h2-6,8H,(H,17,20). The van der Waals surface area contributed by atoms with Crippen LogP contribution in [0.2, 0.25) is 0 Å². The molecule has 0 bridgehead atoms. The molecule has 0 saturated carbocycles. The third-order valence-electron chi connectivity index (χ3n) is 3.06. The molecule has 3 aromatic rings. The highest BCUT2D eigenvalue weighted by atomic mass is 16.2. The van der Waals surface area contributed by atoms with Crippen molar-refractivity contribution in [2.24, 2.45) is 0 Å². The van der Waals surface area contributed by atoms with E-state index in [9.17, 15) is 9.59 Å². The van der Waals surface area contributed by atoms with E-state index in [0.717, 1.165) is 8.97 Å². The van der Waals surface area contributed by atoms with Crippen molar-refractivity contribution in [1.29, 1.82) is 5.26 Å². The second-order valence-electron chi connectivity index (χ2n) is 4.22. The zero-order chi connectivity index (χ0) is 15.0. The van der Waals surface area contributed by atoms with Crippen LogP contribution in [0.4, 0.5) is 5.69 Å². The summed E-state index contributed by atoms with van der Waals surface area (Å²) >= 11 is 0. The number of hydrogen-bond donors (Lipinski definition) is 1. The first-order chi connectivity index (χ1) is 10.2. The molecule has 0 aliphatic heterocycles. The molecule has 0 aliphatic rings. The molecule has 0 saturated heterocycles. The molecule has 2 heterocycles. The quantitative estimate of drug-likeness (QED) is 0.678. The number of aromatic amines is 1. The first kappa shape index (κ1) is 12.5. The summed E-state index contributed by atoms with van der Waals surface area (Å²) in [5.41, 5.74) is -0.848. The predicted molar refractivity (Wildman–Crippen MR) is 74.6 cm³/mol. The number of aromatic nitrogens is 3. The highest BCUT2D eigenvalue weighted by Gasteiger charge is 2.16. The van der Waals surface area contributed by atoms with Crippen molar-refractivity contribution >= 4 is 11.3 Å². The molecule has 7 nitrogen and oxygen atoms in total. The molecular weight excluding hydrogens is 270 g/mol. The van der Waals surface area contributed by atoms with Crippen LogP contribution in [0, 0.1) is 17.9 Å². The van der Waals surface area contributed by atoms with Gasteiger partial charge in [-0.05, 0) is 12.1 Å². The van der Waals surface area contributed by atoms with Gasteiger partial charge in [0.15, 0.2) is 0 Å². The average Bonchev–Trinajstić information content (AvgIpc) is 2.86. The normalized spacial score (nSPS) is 10.2. The Balaban J connectivity index is 2.48. The molecule has 100 valence electrons. The van der Waals surface area contributed by atoms with Gasteiger partial charge in [-0.3, -0.25) is 9.38 Å². The SMILES string of the molecule is [C-]#[N+]c1cn2c(=O)n(-c3ccccc3)c(=O)[nH]c2c1C#N. The lowest BCUT2D eigenvalue weighted by atomic mass is 10.3. The molecule has 0 atom stereocenters. The molecular formula is C14H7N5O2. The van der Waals surface area contributed by atoms with Crippen molar-refractivity contribution in [3.05, 3.63) is 74.5 Å². The van der Waals surface area contributed by atoms with Crippen LogP contribution in [0.5, 0.6) is 0 Å². The van der Waals surface area contributed by atoms with Crippen LogP contribution in [0.1, 0.15) is 5.56 Å². The fourth-order valence-electron chi connectivity index (χ4n) is 2.12. The third kappa shape index (κ3) is 1.73. The second-order valence-corrected chi connectivity index (χ2v) is 4.22. The van der Waals surface area contributed by atoms with Gasteiger partial charge >= 0.3 is 11.4 Å². The van der Waals surface area contributed by atoms with Gasteiger partial charge in [-0.15, -0.1) is 0 Å². The minimum Gasteiger partial charge on any atom is -0.292 e. The lowest BCUT2D eigenvalue weighted by molar-refractivity contribution is 0.801. The highest BCUT2D eigenvalue weighted by molar-refractivity contribution is 5.72. The molecule has 2 aromatic heterocycles. The Morgan fingerprint density at radius 3 is 2.57 bits per heavy atom. The zero-order valence-electron chi connectivity index (χ0n) is 10.6. The van der Waals surface area contributed by atoms with Crippen molar-refractivity contribution in [3.63, 3.8) is 0 Å². The van der Waals surface area contributed by atoms with Crippen LogP contribution in [-0.2, 0) is 0 Å². The number of benzene rings is 1. The monoisotopic (exact) mass is 277 g/mol. The van der Waals surface area contributed by atoms with Crippen molar-refractivity contribution in [3.8, 4) is 11.8 Å². The van der Waals surface area contributed by atoms with E-state index >= 15 is 0 Å². The van der Waals surface area contributed by atoms with Gasteiger partial charge in [0.2, 0.25) is 5.69 Å². The second kappa shape index (κ2) is 4.51. The fraction of sp³-hybridized carbons (Fsp3) is 0. The molecule has 1 N–H and O–H groups in total. The maximum atomic E-state index is 12.4. The van der Waals surface area contributed by atoms with Gasteiger partial charge < -0.3 is 0 Å². The van der Waals surface area contributed by atoms with Gasteiger partial charge in [0, 0.05) is 6.20 Å². The van der Waals surface area contributed by atoms with Gasteiger partial charge in [0.05, 0.1) is 18.3 Å². The molecule has 21 heavy (non-hydrogen) atoms. The highest BCUT2D eigenvalue weighted by Crippen LogP contribution is 2.22. The molecule has 0 aliphatic carbocycles. The lowest BCUT2D eigenvalue weighted by Gasteiger charge is -2.05. The number of rotatable bonds is 1. The number of nitriles is 1. The van der Waals surface area contributed by atoms with E-state index in [1.807, 2.05) is 6.07 Å². The number of H-pyrrole nitrogens is 1. The van der Waals surface area contributed by atoms with E-state index in [-0.39, 0.29) is 16.9 Å². The summed E-state index contributed by atoms with van der Waals surface area (Å²) < 4.78 is 2.04.